The van der Waals surface area contributed by atoms with Crippen LogP contribution >= 0.6 is 0 Å². The molecule has 0 unspecified atom stereocenters. The van der Waals surface area contributed by atoms with Gasteiger partial charge in [0.2, 0.25) is 5.91 Å². The molecule has 0 bridgehead atoms. The first-order valence-corrected chi connectivity index (χ1v) is 9.13. The zero-order valence-corrected chi connectivity index (χ0v) is 16.9. The van der Waals surface area contributed by atoms with Crippen molar-refractivity contribution in [2.45, 2.75) is 26.8 Å². The van der Waals surface area contributed by atoms with E-state index in [9.17, 15) is 9.59 Å². The van der Waals surface area contributed by atoms with Crippen molar-refractivity contribution in [1.29, 1.82) is 0 Å². The van der Waals surface area contributed by atoms with Gasteiger partial charge in [0.1, 0.15) is 6.54 Å². The van der Waals surface area contributed by atoms with Gasteiger partial charge in [-0.1, -0.05) is 0 Å². The summed E-state index contributed by atoms with van der Waals surface area (Å²) >= 11 is 0. The molecule has 0 fully saturated rings. The van der Waals surface area contributed by atoms with Gasteiger partial charge in [0, 0.05) is 38.3 Å². The number of aryl methyl sites for hydroxylation is 2. The maximum absolute atomic E-state index is 12.1. The number of likely N-dealkylation sites (N-methyl/N-ethyl adjacent to an activating group) is 1. The molecule has 3 aromatic rings. The Labute approximate surface area is 164 Å². The minimum atomic E-state index is -0.333. The standard InChI is InChI=1S/C22H25N3O3/c1-14-10-16(22(27)28-5)11-15(2)18(14)12-19-17-7-9-25(13-21(26)24(3)4)20(17)6-8-23-19/h6-11H,12-13H2,1-5H3. The van der Waals surface area contributed by atoms with Crippen LogP contribution in [0.3, 0.4) is 0 Å². The first-order valence-electron chi connectivity index (χ1n) is 9.13. The van der Waals surface area contributed by atoms with Crippen LogP contribution in [-0.4, -0.2) is 47.5 Å². The van der Waals surface area contributed by atoms with Gasteiger partial charge in [-0.3, -0.25) is 9.78 Å². The molecule has 0 spiro atoms. The van der Waals surface area contributed by atoms with E-state index in [0.717, 1.165) is 33.3 Å². The molecule has 0 atom stereocenters. The topological polar surface area (TPSA) is 64.4 Å². The van der Waals surface area contributed by atoms with Crippen LogP contribution in [0.2, 0.25) is 0 Å². The van der Waals surface area contributed by atoms with Crippen LogP contribution in [0.15, 0.2) is 36.7 Å². The first kappa shape index (κ1) is 19.6. The minimum Gasteiger partial charge on any atom is -0.465 e. The molecule has 28 heavy (non-hydrogen) atoms. The molecule has 0 aliphatic carbocycles. The maximum Gasteiger partial charge on any atom is 0.337 e. The molecule has 0 N–H and O–H groups in total. The lowest BCUT2D eigenvalue weighted by Crippen LogP contribution is -2.25. The molecule has 1 amide bonds. The van der Waals surface area contributed by atoms with Crippen molar-refractivity contribution < 1.29 is 14.3 Å². The zero-order valence-electron chi connectivity index (χ0n) is 16.9. The third-order valence-electron chi connectivity index (χ3n) is 5.05. The molecule has 2 heterocycles. The van der Waals surface area contributed by atoms with Gasteiger partial charge >= 0.3 is 5.97 Å². The number of pyridine rings is 1. The van der Waals surface area contributed by atoms with E-state index in [1.165, 1.54) is 7.11 Å². The Morgan fingerprint density at radius 1 is 1.14 bits per heavy atom. The highest BCUT2D eigenvalue weighted by molar-refractivity contribution is 5.90. The van der Waals surface area contributed by atoms with Gasteiger partial charge in [-0.25, -0.2) is 4.79 Å². The largest absolute Gasteiger partial charge is 0.465 e. The predicted octanol–water partition coefficient (Wildman–Crippen LogP) is 3.12. The number of ether oxygens (including phenoxy) is 1. The number of rotatable bonds is 5. The predicted molar refractivity (Wildman–Crippen MR) is 108 cm³/mol. The van der Waals surface area contributed by atoms with Crippen LogP contribution < -0.4 is 0 Å². The Morgan fingerprint density at radius 2 is 1.82 bits per heavy atom. The monoisotopic (exact) mass is 379 g/mol. The Hall–Kier alpha value is -3.15. The summed E-state index contributed by atoms with van der Waals surface area (Å²) in [4.78, 5) is 30.1. The van der Waals surface area contributed by atoms with Crippen molar-refractivity contribution >= 4 is 22.8 Å². The number of carbonyl (C=O) groups excluding carboxylic acids is 2. The molecule has 0 aliphatic rings. The minimum absolute atomic E-state index is 0.0425. The number of fused-ring (bicyclic) bond motifs is 1. The normalized spacial score (nSPS) is 10.9. The van der Waals surface area contributed by atoms with Gasteiger partial charge in [-0.15, -0.1) is 0 Å². The Morgan fingerprint density at radius 3 is 2.43 bits per heavy atom. The van der Waals surface area contributed by atoms with Crippen LogP contribution in [0.4, 0.5) is 0 Å². The number of methoxy groups -OCH3 is 1. The van der Waals surface area contributed by atoms with Gasteiger partial charge < -0.3 is 14.2 Å². The van der Waals surface area contributed by atoms with Crippen molar-refractivity contribution in [2.75, 3.05) is 21.2 Å². The summed E-state index contributed by atoms with van der Waals surface area (Å²) in [6.07, 6.45) is 4.36. The Bertz CT molecular complexity index is 1030. The third kappa shape index (κ3) is 3.76. The zero-order chi connectivity index (χ0) is 20.4. The Kier molecular flexibility index (Phi) is 5.49. The van der Waals surface area contributed by atoms with Crippen LogP contribution in [0.25, 0.3) is 10.9 Å². The summed E-state index contributed by atoms with van der Waals surface area (Å²) < 4.78 is 6.78. The fraction of sp³-hybridized carbons (Fsp3) is 0.318. The van der Waals surface area contributed by atoms with E-state index in [1.807, 2.05) is 48.9 Å². The van der Waals surface area contributed by atoms with E-state index >= 15 is 0 Å². The molecule has 0 aliphatic heterocycles. The molecule has 6 nitrogen and oxygen atoms in total. The summed E-state index contributed by atoms with van der Waals surface area (Å²) in [5, 5.41) is 1.03. The van der Waals surface area contributed by atoms with Gasteiger partial charge in [-0.05, 0) is 54.8 Å². The molecule has 0 saturated heterocycles. The van der Waals surface area contributed by atoms with E-state index in [-0.39, 0.29) is 11.9 Å². The number of hydrogen-bond donors (Lipinski definition) is 0. The highest BCUT2D eigenvalue weighted by Gasteiger charge is 2.15. The summed E-state index contributed by atoms with van der Waals surface area (Å²) in [6.45, 7) is 4.29. The first-order chi connectivity index (χ1) is 13.3. The number of hydrogen-bond acceptors (Lipinski definition) is 4. The van der Waals surface area contributed by atoms with Gasteiger partial charge in [-0.2, -0.15) is 0 Å². The maximum atomic E-state index is 12.1. The SMILES string of the molecule is COC(=O)c1cc(C)c(Cc2nccc3c2ccn3CC(=O)N(C)C)c(C)c1. The fourth-order valence-electron chi connectivity index (χ4n) is 3.42. The van der Waals surface area contributed by atoms with Crippen LogP contribution in [-0.2, 0) is 22.5 Å². The summed E-state index contributed by atoms with van der Waals surface area (Å²) in [6, 6.07) is 7.65. The molecular weight excluding hydrogens is 354 g/mol. The van der Waals surface area contributed by atoms with Gasteiger partial charge in [0.25, 0.3) is 0 Å². The number of benzene rings is 1. The molecule has 6 heteroatoms. The van der Waals surface area contributed by atoms with E-state index in [1.54, 1.807) is 25.2 Å². The number of amides is 1. The lowest BCUT2D eigenvalue weighted by atomic mass is 9.95. The van der Waals surface area contributed by atoms with E-state index in [0.29, 0.717) is 18.5 Å². The van der Waals surface area contributed by atoms with Gasteiger partial charge in [0.15, 0.2) is 0 Å². The summed E-state index contributed by atoms with van der Waals surface area (Å²) in [5.74, 6) is -0.290. The molecule has 146 valence electrons. The molecule has 2 aromatic heterocycles. The second-order valence-corrected chi connectivity index (χ2v) is 7.18. The fourth-order valence-corrected chi connectivity index (χ4v) is 3.42. The summed E-state index contributed by atoms with van der Waals surface area (Å²) in [5.41, 5.74) is 5.70. The average molecular weight is 379 g/mol. The van der Waals surface area contributed by atoms with Crippen molar-refractivity contribution in [3.05, 3.63) is 64.6 Å². The molecule has 1 aromatic carbocycles. The van der Waals surface area contributed by atoms with Crippen molar-refractivity contribution in [3.63, 3.8) is 0 Å². The van der Waals surface area contributed by atoms with Gasteiger partial charge in [0.05, 0.1) is 23.9 Å². The highest BCUT2D eigenvalue weighted by atomic mass is 16.5. The van der Waals surface area contributed by atoms with Crippen molar-refractivity contribution in [3.8, 4) is 0 Å². The number of esters is 1. The van der Waals surface area contributed by atoms with Crippen molar-refractivity contribution in [1.82, 2.24) is 14.5 Å². The van der Waals surface area contributed by atoms with E-state index in [2.05, 4.69) is 4.98 Å². The van der Waals surface area contributed by atoms with Crippen molar-refractivity contribution in [2.24, 2.45) is 0 Å². The highest BCUT2D eigenvalue weighted by Crippen LogP contribution is 2.25. The Balaban J connectivity index is 1.96. The molecule has 3 rings (SSSR count). The smallest absolute Gasteiger partial charge is 0.337 e. The molecular formula is C22H25N3O3. The van der Waals surface area contributed by atoms with E-state index < -0.39 is 0 Å². The van der Waals surface area contributed by atoms with Crippen LogP contribution in [0.5, 0.6) is 0 Å². The number of carbonyl (C=O) groups is 2. The quantitative estimate of drug-likeness (QED) is 0.639. The number of aromatic nitrogens is 2. The van der Waals surface area contributed by atoms with Crippen LogP contribution in [0.1, 0.15) is 32.7 Å². The number of nitrogens with zero attached hydrogens (tertiary/aromatic N) is 3. The second-order valence-electron chi connectivity index (χ2n) is 7.18. The summed E-state index contributed by atoms with van der Waals surface area (Å²) in [7, 11) is 4.90. The third-order valence-corrected chi connectivity index (χ3v) is 5.05. The second kappa shape index (κ2) is 7.84. The molecule has 0 saturated carbocycles. The van der Waals surface area contributed by atoms with E-state index in [4.69, 9.17) is 4.74 Å². The lowest BCUT2D eigenvalue weighted by Gasteiger charge is -2.13. The lowest BCUT2D eigenvalue weighted by molar-refractivity contribution is -0.129. The average Bonchev–Trinajstić information content (AvgIpc) is 3.07. The molecule has 0 radical (unpaired) electrons. The van der Waals surface area contributed by atoms with Crippen LogP contribution in [0, 0.1) is 13.8 Å².